The first-order valence-electron chi connectivity index (χ1n) is 9.10. The lowest BCUT2D eigenvalue weighted by Gasteiger charge is -2.25. The predicted octanol–water partition coefficient (Wildman–Crippen LogP) is 3.29. The Balaban J connectivity index is 1.87. The summed E-state index contributed by atoms with van der Waals surface area (Å²) >= 11 is 0. The molecule has 1 atom stereocenters. The number of aryl methyl sites for hydroxylation is 1. The molecule has 1 unspecified atom stereocenters. The van der Waals surface area contributed by atoms with Crippen molar-refractivity contribution in [2.75, 3.05) is 0 Å². The van der Waals surface area contributed by atoms with Crippen molar-refractivity contribution in [3.63, 3.8) is 0 Å². The number of nitriles is 1. The Labute approximate surface area is 162 Å². The fourth-order valence-corrected chi connectivity index (χ4v) is 3.49. The summed E-state index contributed by atoms with van der Waals surface area (Å²) in [5.74, 6) is 0.823. The van der Waals surface area contributed by atoms with Crippen molar-refractivity contribution in [3.8, 4) is 23.4 Å². The maximum atomic E-state index is 9.77. The van der Waals surface area contributed by atoms with Crippen molar-refractivity contribution in [3.05, 3.63) is 58.9 Å². The molecule has 0 spiro atoms. The molecule has 3 heterocycles. The first-order chi connectivity index (χ1) is 13.5. The number of nitrogens with zero attached hydrogens (tertiary/aromatic N) is 5. The van der Waals surface area contributed by atoms with Crippen LogP contribution in [0.2, 0.25) is 0 Å². The third-order valence-electron chi connectivity index (χ3n) is 4.82. The van der Waals surface area contributed by atoms with Gasteiger partial charge in [-0.15, -0.1) is 10.2 Å². The maximum absolute atomic E-state index is 9.77. The molecule has 0 aliphatic carbocycles. The van der Waals surface area contributed by atoms with Crippen LogP contribution in [0.3, 0.4) is 0 Å². The number of allylic oxidation sites excluding steroid dienone is 1. The summed E-state index contributed by atoms with van der Waals surface area (Å²) in [5, 5.41) is 22.1. The highest BCUT2D eigenvalue weighted by Gasteiger charge is 2.36. The maximum Gasteiger partial charge on any atom is 0.247 e. The molecule has 0 radical (unpaired) electrons. The van der Waals surface area contributed by atoms with Crippen LogP contribution in [0.4, 0.5) is 0 Å². The number of hydrogen-bond acceptors (Lipinski definition) is 7. The van der Waals surface area contributed by atoms with Crippen LogP contribution in [-0.2, 0) is 6.42 Å². The normalized spacial score (nSPS) is 16.0. The van der Waals surface area contributed by atoms with Gasteiger partial charge in [-0.2, -0.15) is 10.4 Å². The van der Waals surface area contributed by atoms with Crippen molar-refractivity contribution in [2.45, 2.75) is 39.2 Å². The molecule has 2 N–H and O–H groups in total. The van der Waals surface area contributed by atoms with Gasteiger partial charge >= 0.3 is 0 Å². The van der Waals surface area contributed by atoms with E-state index in [1.54, 1.807) is 0 Å². The molecule has 0 saturated carbocycles. The van der Waals surface area contributed by atoms with Crippen molar-refractivity contribution in [2.24, 2.45) is 5.73 Å². The smallest absolute Gasteiger partial charge is 0.247 e. The van der Waals surface area contributed by atoms with E-state index < -0.39 is 0 Å². The number of benzene rings is 1. The van der Waals surface area contributed by atoms with Crippen molar-refractivity contribution >= 4 is 0 Å². The SMILES string of the molecule is CCc1nn(C(C)C)c2c1C(c1ccc(-c3nnco3)cc1)C(C#N)=C(N)O2. The molecule has 1 aliphatic rings. The number of rotatable bonds is 4. The fraction of sp³-hybridized carbons (Fsp3) is 0.300. The third-order valence-corrected chi connectivity index (χ3v) is 4.82. The molecule has 0 saturated heterocycles. The summed E-state index contributed by atoms with van der Waals surface area (Å²) in [5.41, 5.74) is 10.0. The molecule has 1 aromatic carbocycles. The zero-order valence-corrected chi connectivity index (χ0v) is 15.9. The second-order valence-electron chi connectivity index (χ2n) is 6.85. The van der Waals surface area contributed by atoms with Crippen LogP contribution in [0.5, 0.6) is 5.88 Å². The van der Waals surface area contributed by atoms with E-state index in [-0.39, 0.29) is 17.8 Å². The van der Waals surface area contributed by atoms with Crippen molar-refractivity contribution in [1.29, 1.82) is 5.26 Å². The van der Waals surface area contributed by atoms with Gasteiger partial charge in [0.05, 0.1) is 23.2 Å². The molecule has 142 valence electrons. The topological polar surface area (TPSA) is 116 Å². The molecule has 1 aliphatic heterocycles. The van der Waals surface area contributed by atoms with Crippen LogP contribution in [0.25, 0.3) is 11.5 Å². The van der Waals surface area contributed by atoms with Gasteiger partial charge < -0.3 is 14.9 Å². The van der Waals surface area contributed by atoms with E-state index in [4.69, 9.17) is 20.0 Å². The third kappa shape index (κ3) is 2.72. The average Bonchev–Trinajstić information content (AvgIpc) is 3.35. The Morgan fingerprint density at radius 3 is 2.61 bits per heavy atom. The van der Waals surface area contributed by atoms with Gasteiger partial charge in [-0.25, -0.2) is 4.68 Å². The van der Waals surface area contributed by atoms with E-state index in [0.29, 0.717) is 17.3 Å². The Bertz CT molecular complexity index is 1070. The lowest BCUT2D eigenvalue weighted by molar-refractivity contribution is 0.334. The number of ether oxygens (including phenoxy) is 1. The average molecular weight is 376 g/mol. The summed E-state index contributed by atoms with van der Waals surface area (Å²) < 4.78 is 12.9. The molecule has 8 nitrogen and oxygen atoms in total. The second kappa shape index (κ2) is 6.85. The standard InChI is InChI=1S/C20H20N6O2/c1-4-15-17-16(12-5-7-13(8-6-12)19-24-23-10-27-19)14(9-21)18(22)28-20(17)26(25-15)11(2)3/h5-8,10-11,16H,4,22H2,1-3H3. The van der Waals surface area contributed by atoms with E-state index in [2.05, 4.69) is 16.3 Å². The zero-order chi connectivity index (χ0) is 19.8. The number of fused-ring (bicyclic) bond motifs is 1. The van der Waals surface area contributed by atoms with Crippen LogP contribution >= 0.6 is 0 Å². The molecule has 2 aromatic heterocycles. The van der Waals surface area contributed by atoms with Gasteiger partial charge in [0.2, 0.25) is 24.0 Å². The van der Waals surface area contributed by atoms with Gasteiger partial charge in [0, 0.05) is 5.56 Å². The monoisotopic (exact) mass is 376 g/mol. The molecule has 3 aromatic rings. The lowest BCUT2D eigenvalue weighted by Crippen LogP contribution is -2.22. The van der Waals surface area contributed by atoms with Gasteiger partial charge in [-0.3, -0.25) is 0 Å². The van der Waals surface area contributed by atoms with Gasteiger partial charge in [0.1, 0.15) is 11.6 Å². The number of nitrogens with two attached hydrogens (primary N) is 1. The van der Waals surface area contributed by atoms with Crippen molar-refractivity contribution < 1.29 is 9.15 Å². The Kier molecular flexibility index (Phi) is 4.35. The minimum Gasteiger partial charge on any atom is -0.423 e. The summed E-state index contributed by atoms with van der Waals surface area (Å²) in [6.45, 7) is 6.10. The summed E-state index contributed by atoms with van der Waals surface area (Å²) in [6, 6.07) is 9.99. The Morgan fingerprint density at radius 1 is 1.29 bits per heavy atom. The quantitative estimate of drug-likeness (QED) is 0.742. The van der Waals surface area contributed by atoms with Crippen LogP contribution in [0, 0.1) is 11.3 Å². The van der Waals surface area contributed by atoms with E-state index in [1.807, 2.05) is 49.7 Å². The molecule has 0 fully saturated rings. The summed E-state index contributed by atoms with van der Waals surface area (Å²) in [4.78, 5) is 0. The minimum atomic E-state index is -0.340. The Morgan fingerprint density at radius 2 is 2.04 bits per heavy atom. The Hall–Kier alpha value is -3.60. The number of hydrogen-bond donors (Lipinski definition) is 1. The zero-order valence-electron chi connectivity index (χ0n) is 15.9. The minimum absolute atomic E-state index is 0.103. The fourth-order valence-electron chi connectivity index (χ4n) is 3.49. The van der Waals surface area contributed by atoms with Gasteiger partial charge in [-0.05, 0) is 38.0 Å². The van der Waals surface area contributed by atoms with E-state index in [1.165, 1.54) is 6.39 Å². The van der Waals surface area contributed by atoms with Crippen LogP contribution < -0.4 is 10.5 Å². The highest BCUT2D eigenvalue weighted by atomic mass is 16.5. The molecule has 28 heavy (non-hydrogen) atoms. The largest absolute Gasteiger partial charge is 0.423 e. The van der Waals surface area contributed by atoms with Crippen LogP contribution in [0.15, 0.2) is 46.5 Å². The highest BCUT2D eigenvalue weighted by molar-refractivity contribution is 5.59. The lowest BCUT2D eigenvalue weighted by atomic mass is 9.83. The summed E-state index contributed by atoms with van der Waals surface area (Å²) in [7, 11) is 0. The first-order valence-corrected chi connectivity index (χ1v) is 9.10. The molecular weight excluding hydrogens is 356 g/mol. The van der Waals surface area contributed by atoms with Crippen molar-refractivity contribution in [1.82, 2.24) is 20.0 Å². The van der Waals surface area contributed by atoms with E-state index in [9.17, 15) is 5.26 Å². The van der Waals surface area contributed by atoms with Crippen LogP contribution in [0.1, 0.15) is 49.6 Å². The molecular formula is C20H20N6O2. The predicted molar refractivity (Wildman–Crippen MR) is 101 cm³/mol. The van der Waals surface area contributed by atoms with E-state index in [0.717, 1.165) is 28.8 Å². The second-order valence-corrected chi connectivity index (χ2v) is 6.85. The molecule has 8 heteroatoms. The van der Waals surface area contributed by atoms with E-state index >= 15 is 0 Å². The van der Waals surface area contributed by atoms with Gasteiger partial charge in [-0.1, -0.05) is 19.1 Å². The number of aromatic nitrogens is 4. The molecule has 4 rings (SSSR count). The molecule has 0 bridgehead atoms. The van der Waals surface area contributed by atoms with Crippen LogP contribution in [-0.4, -0.2) is 20.0 Å². The highest BCUT2D eigenvalue weighted by Crippen LogP contribution is 2.45. The van der Waals surface area contributed by atoms with Gasteiger partial charge in [0.15, 0.2) is 0 Å². The first kappa shape index (κ1) is 17.8. The van der Waals surface area contributed by atoms with Gasteiger partial charge in [0.25, 0.3) is 0 Å². The molecule has 0 amide bonds. The summed E-state index contributed by atoms with van der Waals surface area (Å²) in [6.07, 6.45) is 2.01.